The van der Waals surface area contributed by atoms with Crippen LogP contribution in [0.2, 0.25) is 0 Å². The zero-order valence-electron chi connectivity index (χ0n) is 23.2. The van der Waals surface area contributed by atoms with Crippen molar-refractivity contribution in [2.75, 3.05) is 6.54 Å². The van der Waals surface area contributed by atoms with Crippen molar-refractivity contribution >= 4 is 29.7 Å². The molecular weight excluding hydrogens is 546 g/mol. The molecule has 10 N–H and O–H groups in total. The lowest BCUT2D eigenvalue weighted by Crippen LogP contribution is -2.57. The summed E-state index contributed by atoms with van der Waals surface area (Å²) in [5.41, 5.74) is 12.9. The number of nitrogens with one attached hydrogen (secondary N) is 3. The lowest BCUT2D eigenvalue weighted by atomic mass is 10.0. The Bertz CT molecular complexity index is 1190. The van der Waals surface area contributed by atoms with Crippen molar-refractivity contribution in [1.29, 1.82) is 0 Å². The number of aromatic hydroxyl groups is 1. The second-order valence-electron chi connectivity index (χ2n) is 9.91. The van der Waals surface area contributed by atoms with Gasteiger partial charge in [0.05, 0.1) is 6.04 Å². The zero-order chi connectivity index (χ0) is 31.1. The Balaban J connectivity index is 2.15. The van der Waals surface area contributed by atoms with E-state index in [9.17, 15) is 34.2 Å². The number of carbonyl (C=O) groups excluding carboxylic acids is 3. The van der Waals surface area contributed by atoms with E-state index in [2.05, 4.69) is 16.0 Å². The number of carbonyl (C=O) groups is 5. The summed E-state index contributed by atoms with van der Waals surface area (Å²) in [6.07, 6.45) is 0.475. The quantitative estimate of drug-likeness (QED) is 0.109. The molecular formula is C29H39N5O8. The number of hydrogen-bond donors (Lipinski definition) is 8. The van der Waals surface area contributed by atoms with E-state index in [1.54, 1.807) is 24.3 Å². The fourth-order valence-corrected chi connectivity index (χ4v) is 4.15. The number of carboxylic acid groups (broad SMARTS) is 2. The fraction of sp³-hybridized carbons (Fsp3) is 0.414. The molecule has 13 nitrogen and oxygen atoms in total. The summed E-state index contributed by atoms with van der Waals surface area (Å²) < 4.78 is 0. The highest BCUT2D eigenvalue weighted by molar-refractivity contribution is 5.94. The van der Waals surface area contributed by atoms with Crippen LogP contribution < -0.4 is 27.4 Å². The fourth-order valence-electron chi connectivity index (χ4n) is 4.15. The summed E-state index contributed by atoms with van der Waals surface area (Å²) in [4.78, 5) is 62.4. The second kappa shape index (κ2) is 17.4. The number of nitrogens with two attached hydrogens (primary N) is 2. The topological polar surface area (TPSA) is 234 Å². The Kier molecular flexibility index (Phi) is 13.9. The van der Waals surface area contributed by atoms with Gasteiger partial charge in [0, 0.05) is 12.8 Å². The number of amides is 3. The maximum atomic E-state index is 13.3. The summed E-state index contributed by atoms with van der Waals surface area (Å²) in [5, 5.41) is 35.8. The van der Waals surface area contributed by atoms with Gasteiger partial charge in [0.25, 0.3) is 0 Å². The normalized spacial score (nSPS) is 13.7. The Morgan fingerprint density at radius 3 is 1.81 bits per heavy atom. The summed E-state index contributed by atoms with van der Waals surface area (Å²) in [6, 6.07) is 9.95. The van der Waals surface area contributed by atoms with Crippen molar-refractivity contribution in [3.63, 3.8) is 0 Å². The third-order valence-electron chi connectivity index (χ3n) is 6.49. The van der Waals surface area contributed by atoms with Crippen molar-refractivity contribution in [1.82, 2.24) is 16.0 Å². The number of aliphatic carboxylic acids is 2. The van der Waals surface area contributed by atoms with Crippen molar-refractivity contribution in [3.05, 3.63) is 65.7 Å². The predicted molar refractivity (Wildman–Crippen MR) is 153 cm³/mol. The molecule has 228 valence electrons. The van der Waals surface area contributed by atoms with Crippen LogP contribution >= 0.6 is 0 Å². The Morgan fingerprint density at radius 2 is 1.24 bits per heavy atom. The molecule has 0 aromatic heterocycles. The van der Waals surface area contributed by atoms with E-state index in [1.807, 2.05) is 6.07 Å². The second-order valence-corrected chi connectivity index (χ2v) is 9.91. The van der Waals surface area contributed by atoms with Crippen LogP contribution in [0.4, 0.5) is 0 Å². The highest BCUT2D eigenvalue weighted by Gasteiger charge is 2.30. The minimum atomic E-state index is -1.34. The first-order chi connectivity index (χ1) is 20.0. The van der Waals surface area contributed by atoms with Crippen LogP contribution in [0.1, 0.15) is 43.2 Å². The standard InChI is InChI=1S/C29H39N5O8/c30-15-5-4-8-22(27(39)34-24(29(41)42)17-19-9-11-20(35)12-10-19)33-28(40)23(13-14-25(36)37)32-26(38)21(31)16-18-6-2-1-3-7-18/h1-3,6-7,9-12,21-24,35H,4-5,8,13-17,30-31H2,(H,32,38)(H,33,40)(H,34,39)(H,36,37)(H,41,42). The highest BCUT2D eigenvalue weighted by atomic mass is 16.4. The molecule has 42 heavy (non-hydrogen) atoms. The summed E-state index contributed by atoms with van der Waals surface area (Å²) >= 11 is 0. The van der Waals surface area contributed by atoms with Crippen LogP contribution in [0.3, 0.4) is 0 Å². The minimum Gasteiger partial charge on any atom is -0.508 e. The van der Waals surface area contributed by atoms with Crippen LogP contribution in [0.25, 0.3) is 0 Å². The molecule has 2 rings (SSSR count). The number of unbranched alkanes of at least 4 members (excludes halogenated alkanes) is 1. The van der Waals surface area contributed by atoms with Crippen molar-refractivity contribution < 1.29 is 39.3 Å². The number of hydrogen-bond acceptors (Lipinski definition) is 8. The molecule has 0 heterocycles. The summed E-state index contributed by atoms with van der Waals surface area (Å²) in [7, 11) is 0. The molecule has 13 heteroatoms. The van der Waals surface area contributed by atoms with Gasteiger partial charge in [-0.25, -0.2) is 4.79 Å². The lowest BCUT2D eigenvalue weighted by Gasteiger charge is -2.25. The third kappa shape index (κ3) is 11.9. The zero-order valence-corrected chi connectivity index (χ0v) is 23.2. The molecule has 0 aliphatic carbocycles. The third-order valence-corrected chi connectivity index (χ3v) is 6.49. The molecule has 0 saturated carbocycles. The maximum Gasteiger partial charge on any atom is 0.326 e. The number of benzene rings is 2. The molecule has 0 bridgehead atoms. The number of carboxylic acids is 2. The molecule has 0 fully saturated rings. The van der Waals surface area contributed by atoms with Gasteiger partial charge in [-0.3, -0.25) is 19.2 Å². The lowest BCUT2D eigenvalue weighted by molar-refractivity contribution is -0.142. The van der Waals surface area contributed by atoms with Gasteiger partial charge in [-0.15, -0.1) is 0 Å². The Labute approximate surface area is 243 Å². The largest absolute Gasteiger partial charge is 0.508 e. The molecule has 2 aromatic rings. The average molecular weight is 586 g/mol. The van der Waals surface area contributed by atoms with E-state index in [0.29, 0.717) is 24.9 Å². The Hall–Kier alpha value is -4.49. The van der Waals surface area contributed by atoms with Gasteiger partial charge >= 0.3 is 11.9 Å². The maximum absolute atomic E-state index is 13.3. The number of phenols is 1. The molecule has 2 aromatic carbocycles. The van der Waals surface area contributed by atoms with Crippen molar-refractivity contribution in [2.45, 2.75) is 69.1 Å². The van der Waals surface area contributed by atoms with E-state index in [4.69, 9.17) is 16.6 Å². The van der Waals surface area contributed by atoms with Gasteiger partial charge in [0.2, 0.25) is 17.7 Å². The van der Waals surface area contributed by atoms with Crippen molar-refractivity contribution in [3.8, 4) is 5.75 Å². The molecule has 0 aliphatic heterocycles. The predicted octanol–water partition coefficient (Wildman–Crippen LogP) is 0.0375. The van der Waals surface area contributed by atoms with Crippen LogP contribution in [0, 0.1) is 0 Å². The molecule has 0 aliphatic rings. The molecule has 4 atom stereocenters. The summed E-state index contributed by atoms with van der Waals surface area (Å²) in [5.74, 6) is -4.74. The van der Waals surface area contributed by atoms with Gasteiger partial charge in [-0.1, -0.05) is 42.5 Å². The van der Waals surface area contributed by atoms with Gasteiger partial charge in [-0.05, 0) is 61.9 Å². The molecule has 0 radical (unpaired) electrons. The first kappa shape index (κ1) is 33.7. The van der Waals surface area contributed by atoms with Gasteiger partial charge in [0.1, 0.15) is 23.9 Å². The number of rotatable bonds is 18. The van der Waals surface area contributed by atoms with Gasteiger partial charge < -0.3 is 42.7 Å². The summed E-state index contributed by atoms with van der Waals surface area (Å²) in [6.45, 7) is 0.331. The first-order valence-corrected chi connectivity index (χ1v) is 13.6. The van der Waals surface area contributed by atoms with E-state index >= 15 is 0 Å². The molecule has 3 amide bonds. The van der Waals surface area contributed by atoms with E-state index < -0.39 is 60.2 Å². The molecule has 0 saturated heterocycles. The number of phenolic OH excluding ortho intramolecular Hbond substituents is 1. The van der Waals surface area contributed by atoms with Crippen molar-refractivity contribution in [2.24, 2.45) is 11.5 Å². The van der Waals surface area contributed by atoms with Crippen LogP contribution in [0.5, 0.6) is 5.75 Å². The van der Waals surface area contributed by atoms with E-state index in [-0.39, 0.29) is 31.4 Å². The van der Waals surface area contributed by atoms with Gasteiger partial charge in [0.15, 0.2) is 0 Å². The highest BCUT2D eigenvalue weighted by Crippen LogP contribution is 2.12. The Morgan fingerprint density at radius 1 is 0.690 bits per heavy atom. The molecule has 0 spiro atoms. The first-order valence-electron chi connectivity index (χ1n) is 13.6. The van der Waals surface area contributed by atoms with E-state index in [1.165, 1.54) is 24.3 Å². The van der Waals surface area contributed by atoms with Crippen LogP contribution in [-0.4, -0.2) is 75.7 Å². The molecule has 4 unspecified atom stereocenters. The van der Waals surface area contributed by atoms with E-state index in [0.717, 1.165) is 5.56 Å². The van der Waals surface area contributed by atoms with Gasteiger partial charge in [-0.2, -0.15) is 0 Å². The average Bonchev–Trinajstić information content (AvgIpc) is 2.95. The SMILES string of the molecule is NCCCCC(NC(=O)C(CCC(=O)O)NC(=O)C(N)Cc1ccccc1)C(=O)NC(Cc1ccc(O)cc1)C(=O)O. The van der Waals surface area contributed by atoms with Crippen LogP contribution in [0.15, 0.2) is 54.6 Å². The monoisotopic (exact) mass is 585 g/mol. The smallest absolute Gasteiger partial charge is 0.326 e. The van der Waals surface area contributed by atoms with Crippen LogP contribution in [-0.2, 0) is 36.8 Å². The minimum absolute atomic E-state index is 0.00269.